The maximum absolute atomic E-state index is 12.7. The molecule has 0 aliphatic carbocycles. The quantitative estimate of drug-likeness (QED) is 0.412. The summed E-state index contributed by atoms with van der Waals surface area (Å²) in [5, 5.41) is 13.3. The maximum Gasteiger partial charge on any atom is 0.262 e. The highest BCUT2D eigenvalue weighted by molar-refractivity contribution is 6.04. The highest BCUT2D eigenvalue weighted by Crippen LogP contribution is 2.32. The van der Waals surface area contributed by atoms with Gasteiger partial charge in [-0.3, -0.25) is 9.59 Å². The summed E-state index contributed by atoms with van der Waals surface area (Å²) < 4.78 is 12.5. The van der Waals surface area contributed by atoms with Gasteiger partial charge in [0.05, 0.1) is 0 Å². The van der Waals surface area contributed by atoms with Crippen LogP contribution in [0.5, 0.6) is 11.5 Å². The van der Waals surface area contributed by atoms with Crippen molar-refractivity contribution in [1.82, 2.24) is 14.8 Å². The van der Waals surface area contributed by atoms with Crippen molar-refractivity contribution in [3.63, 3.8) is 0 Å². The van der Waals surface area contributed by atoms with Crippen molar-refractivity contribution in [2.45, 2.75) is 26.9 Å². The molecule has 1 N–H and O–H groups in total. The first kappa shape index (κ1) is 22.9. The van der Waals surface area contributed by atoms with Crippen LogP contribution in [-0.4, -0.2) is 41.2 Å². The van der Waals surface area contributed by atoms with Gasteiger partial charge in [0.1, 0.15) is 18.2 Å². The minimum absolute atomic E-state index is 0.0151. The van der Waals surface area contributed by atoms with Gasteiger partial charge in [-0.1, -0.05) is 24.3 Å². The molecule has 0 bridgehead atoms. The summed E-state index contributed by atoms with van der Waals surface area (Å²) in [6.45, 7) is 5.80. The number of fused-ring (bicyclic) bond motifs is 2. The van der Waals surface area contributed by atoms with Crippen LogP contribution < -0.4 is 14.8 Å². The number of amides is 2. The molecule has 8 nitrogen and oxygen atoms in total. The fraction of sp³-hybridized carbons (Fsp3) is 0.269. The van der Waals surface area contributed by atoms with Gasteiger partial charge in [-0.05, 0) is 43.7 Å². The van der Waals surface area contributed by atoms with Crippen molar-refractivity contribution >= 4 is 28.8 Å². The second-order valence-electron chi connectivity index (χ2n) is 7.84. The lowest BCUT2D eigenvalue weighted by Crippen LogP contribution is -2.33. The molecule has 1 aromatic heterocycles. The molecule has 0 spiro atoms. The summed E-state index contributed by atoms with van der Waals surface area (Å²) in [4.78, 5) is 27.2. The number of nitrogens with zero attached hydrogens (tertiary/aromatic N) is 3. The third-order valence-electron chi connectivity index (χ3n) is 5.80. The van der Waals surface area contributed by atoms with Crippen molar-refractivity contribution in [2.24, 2.45) is 0 Å². The zero-order chi connectivity index (χ0) is 24.1. The molecule has 2 heterocycles. The Morgan fingerprint density at radius 3 is 2.68 bits per heavy atom. The van der Waals surface area contributed by atoms with Gasteiger partial charge < -0.3 is 24.3 Å². The van der Waals surface area contributed by atoms with Crippen LogP contribution >= 0.6 is 0 Å². The van der Waals surface area contributed by atoms with Gasteiger partial charge in [0, 0.05) is 42.3 Å². The summed E-state index contributed by atoms with van der Waals surface area (Å²) in [5.41, 5.74) is 2.39. The number of ether oxygens (including phenoxy) is 2. The highest BCUT2D eigenvalue weighted by Gasteiger charge is 2.17. The molecule has 2 aromatic carbocycles. The smallest absolute Gasteiger partial charge is 0.262 e. The molecule has 0 atom stereocenters. The number of nitriles is 1. The van der Waals surface area contributed by atoms with Gasteiger partial charge in [0.15, 0.2) is 11.5 Å². The van der Waals surface area contributed by atoms with E-state index < -0.39 is 5.91 Å². The molecule has 4 rings (SSSR count). The zero-order valence-corrected chi connectivity index (χ0v) is 19.2. The molecule has 2 amide bonds. The van der Waals surface area contributed by atoms with E-state index in [1.807, 2.05) is 61.0 Å². The van der Waals surface area contributed by atoms with Crippen molar-refractivity contribution in [3.8, 4) is 17.6 Å². The Morgan fingerprint density at radius 2 is 1.91 bits per heavy atom. The molecule has 0 saturated carbocycles. The summed E-state index contributed by atoms with van der Waals surface area (Å²) in [7, 11) is 0. The first-order chi connectivity index (χ1) is 16.5. The SMILES string of the molecule is CCN(CC)C(=O)Cn1cc(/C=C(\C#N)C(=O)NCc2ccc3c(c2)OCO3)c2ccccc21. The summed E-state index contributed by atoms with van der Waals surface area (Å²) in [6.07, 6.45) is 3.38. The fourth-order valence-electron chi connectivity index (χ4n) is 3.98. The Bertz CT molecular complexity index is 1300. The largest absolute Gasteiger partial charge is 0.454 e. The van der Waals surface area contributed by atoms with Crippen LogP contribution in [0, 0.1) is 11.3 Å². The fourth-order valence-corrected chi connectivity index (χ4v) is 3.98. The van der Waals surface area contributed by atoms with Crippen LogP contribution in [0.4, 0.5) is 0 Å². The maximum atomic E-state index is 12.7. The summed E-state index contributed by atoms with van der Waals surface area (Å²) in [6, 6.07) is 15.1. The van der Waals surface area contributed by atoms with E-state index >= 15 is 0 Å². The average Bonchev–Trinajstić information content (AvgIpc) is 3.46. The molecule has 174 valence electrons. The highest BCUT2D eigenvalue weighted by atomic mass is 16.7. The van der Waals surface area contributed by atoms with E-state index in [9.17, 15) is 14.9 Å². The molecule has 0 unspecified atom stereocenters. The number of benzene rings is 2. The van der Waals surface area contributed by atoms with Crippen LogP contribution in [0.15, 0.2) is 54.2 Å². The minimum Gasteiger partial charge on any atom is -0.454 e. The van der Waals surface area contributed by atoms with Crippen molar-refractivity contribution in [3.05, 3.63) is 65.4 Å². The minimum atomic E-state index is -0.476. The standard InChI is InChI=1S/C26H26N4O4/c1-3-29(4-2)25(31)16-30-15-20(21-7-5-6-8-22(21)30)12-19(13-27)26(32)28-14-18-9-10-23-24(11-18)34-17-33-23/h5-12,15H,3-4,14,16-17H2,1-2H3,(H,28,32)/b19-12+. The molecular weight excluding hydrogens is 432 g/mol. The van der Waals surface area contributed by atoms with Crippen LogP contribution in [0.1, 0.15) is 25.0 Å². The number of carbonyl (C=O) groups excluding carboxylic acids is 2. The Morgan fingerprint density at radius 1 is 1.15 bits per heavy atom. The lowest BCUT2D eigenvalue weighted by Gasteiger charge is -2.19. The van der Waals surface area contributed by atoms with E-state index in [0.29, 0.717) is 30.2 Å². The molecule has 0 saturated heterocycles. The van der Waals surface area contributed by atoms with Crippen molar-refractivity contribution in [2.75, 3.05) is 19.9 Å². The molecular formula is C26H26N4O4. The number of carbonyl (C=O) groups is 2. The molecule has 3 aromatic rings. The van der Waals surface area contributed by atoms with Crippen LogP contribution in [0.3, 0.4) is 0 Å². The predicted octanol–water partition coefficient (Wildman–Crippen LogP) is 3.46. The summed E-state index contributed by atoms with van der Waals surface area (Å²) >= 11 is 0. The molecule has 1 aliphatic rings. The van der Waals surface area contributed by atoms with E-state index in [1.165, 1.54) is 0 Å². The Kier molecular flexibility index (Phi) is 6.83. The number of nitrogens with one attached hydrogen (secondary N) is 1. The first-order valence-corrected chi connectivity index (χ1v) is 11.2. The van der Waals surface area contributed by atoms with Crippen LogP contribution in [0.25, 0.3) is 17.0 Å². The van der Waals surface area contributed by atoms with Crippen LogP contribution in [-0.2, 0) is 22.7 Å². The molecule has 34 heavy (non-hydrogen) atoms. The van der Waals surface area contributed by atoms with Gasteiger partial charge in [0.2, 0.25) is 12.7 Å². The Balaban J connectivity index is 1.54. The first-order valence-electron chi connectivity index (χ1n) is 11.2. The lowest BCUT2D eigenvalue weighted by atomic mass is 10.1. The van der Waals surface area contributed by atoms with Gasteiger partial charge >= 0.3 is 0 Å². The topological polar surface area (TPSA) is 96.6 Å². The summed E-state index contributed by atoms with van der Waals surface area (Å²) in [5.74, 6) is 0.845. The number of hydrogen-bond donors (Lipinski definition) is 1. The molecule has 0 radical (unpaired) electrons. The van der Waals surface area contributed by atoms with Crippen LogP contribution in [0.2, 0.25) is 0 Å². The lowest BCUT2D eigenvalue weighted by molar-refractivity contribution is -0.131. The second kappa shape index (κ2) is 10.1. The van der Waals surface area contributed by atoms with Gasteiger partial charge in [-0.2, -0.15) is 5.26 Å². The molecule has 8 heteroatoms. The Labute approximate surface area is 198 Å². The van der Waals surface area contributed by atoms with Crippen molar-refractivity contribution in [1.29, 1.82) is 5.26 Å². The third-order valence-corrected chi connectivity index (χ3v) is 5.80. The van der Waals surface area contributed by atoms with E-state index in [0.717, 1.165) is 16.5 Å². The second-order valence-corrected chi connectivity index (χ2v) is 7.84. The Hall–Kier alpha value is -4.25. The van der Waals surface area contributed by atoms with E-state index in [1.54, 1.807) is 23.1 Å². The van der Waals surface area contributed by atoms with Gasteiger partial charge in [-0.25, -0.2) is 0 Å². The zero-order valence-electron chi connectivity index (χ0n) is 19.2. The number of para-hydroxylation sites is 1. The van der Waals surface area contributed by atoms with Crippen molar-refractivity contribution < 1.29 is 19.1 Å². The van der Waals surface area contributed by atoms with E-state index in [4.69, 9.17) is 9.47 Å². The number of rotatable bonds is 8. The molecule has 1 aliphatic heterocycles. The normalized spacial score (nSPS) is 12.4. The molecule has 0 fully saturated rings. The van der Waals surface area contributed by atoms with E-state index in [2.05, 4.69) is 5.32 Å². The van der Waals surface area contributed by atoms with E-state index in [-0.39, 0.29) is 31.4 Å². The predicted molar refractivity (Wildman–Crippen MR) is 128 cm³/mol. The average molecular weight is 459 g/mol. The van der Waals surface area contributed by atoms with Gasteiger partial charge in [-0.15, -0.1) is 0 Å². The monoisotopic (exact) mass is 458 g/mol. The number of aromatic nitrogens is 1. The number of hydrogen-bond acceptors (Lipinski definition) is 5. The van der Waals surface area contributed by atoms with Gasteiger partial charge in [0.25, 0.3) is 5.91 Å². The third kappa shape index (κ3) is 4.74. The number of likely N-dealkylation sites (N-methyl/N-ethyl adjacent to an activating group) is 1.